The van der Waals surface area contributed by atoms with Crippen LogP contribution in [0.1, 0.15) is 19.8 Å². The highest BCUT2D eigenvalue weighted by Gasteiger charge is 2.33. The summed E-state index contributed by atoms with van der Waals surface area (Å²) >= 11 is 0. The van der Waals surface area contributed by atoms with Crippen LogP contribution in [-0.2, 0) is 0 Å². The van der Waals surface area contributed by atoms with Gasteiger partial charge in [0.05, 0.1) is 5.69 Å². The number of anilines is 1. The maximum atomic E-state index is 13.9. The molecule has 1 saturated carbocycles. The van der Waals surface area contributed by atoms with Crippen molar-refractivity contribution in [2.45, 2.75) is 25.8 Å². The highest BCUT2D eigenvalue weighted by atomic mass is 19.1. The minimum atomic E-state index is -0.121. The van der Waals surface area contributed by atoms with Gasteiger partial charge in [0.15, 0.2) is 5.96 Å². The maximum absolute atomic E-state index is 13.9. The molecule has 0 spiro atoms. The van der Waals surface area contributed by atoms with E-state index in [0.717, 1.165) is 63.3 Å². The first-order chi connectivity index (χ1) is 12.2. The molecule has 138 valence electrons. The Morgan fingerprint density at radius 1 is 1.24 bits per heavy atom. The number of para-hydroxylation sites is 1. The maximum Gasteiger partial charge on any atom is 0.191 e. The summed E-state index contributed by atoms with van der Waals surface area (Å²) in [6.45, 7) is 7.99. The van der Waals surface area contributed by atoms with Crippen molar-refractivity contribution in [3.05, 3.63) is 30.1 Å². The molecule has 0 aromatic heterocycles. The van der Waals surface area contributed by atoms with Gasteiger partial charge in [0.2, 0.25) is 0 Å². The Hall–Kier alpha value is -1.82. The second-order valence-corrected chi connectivity index (χ2v) is 7.10. The molecule has 2 unspecified atom stereocenters. The third-order valence-electron chi connectivity index (χ3n) is 5.16. The van der Waals surface area contributed by atoms with Crippen molar-refractivity contribution >= 4 is 11.6 Å². The van der Waals surface area contributed by atoms with E-state index in [1.165, 1.54) is 12.5 Å². The van der Waals surface area contributed by atoms with Gasteiger partial charge >= 0.3 is 0 Å². The van der Waals surface area contributed by atoms with Gasteiger partial charge in [-0.3, -0.25) is 9.89 Å². The van der Waals surface area contributed by atoms with Crippen molar-refractivity contribution in [3.63, 3.8) is 0 Å². The van der Waals surface area contributed by atoms with E-state index in [1.807, 2.05) is 19.2 Å². The molecule has 2 atom stereocenters. The lowest BCUT2D eigenvalue weighted by atomic mass is 10.2. The molecule has 1 aromatic carbocycles. The minimum absolute atomic E-state index is 0.121. The number of nitrogens with zero attached hydrogens (tertiary/aromatic N) is 3. The van der Waals surface area contributed by atoms with Crippen molar-refractivity contribution < 1.29 is 4.39 Å². The molecular weight excluding hydrogens is 317 g/mol. The Kier molecular flexibility index (Phi) is 6.13. The van der Waals surface area contributed by atoms with E-state index in [4.69, 9.17) is 0 Å². The molecule has 3 rings (SSSR count). The number of piperazine rings is 1. The number of nitrogens with one attached hydrogen (secondary N) is 2. The van der Waals surface area contributed by atoms with E-state index >= 15 is 0 Å². The molecule has 2 fully saturated rings. The highest BCUT2D eigenvalue weighted by Crippen LogP contribution is 2.28. The molecule has 25 heavy (non-hydrogen) atoms. The molecule has 1 heterocycles. The number of benzene rings is 1. The fourth-order valence-electron chi connectivity index (χ4n) is 3.32. The zero-order valence-electron chi connectivity index (χ0n) is 15.3. The predicted molar refractivity (Wildman–Crippen MR) is 102 cm³/mol. The van der Waals surface area contributed by atoms with Gasteiger partial charge in [-0.15, -0.1) is 0 Å². The van der Waals surface area contributed by atoms with Gasteiger partial charge in [-0.1, -0.05) is 19.1 Å². The average Bonchev–Trinajstić information content (AvgIpc) is 3.33. The summed E-state index contributed by atoms with van der Waals surface area (Å²) in [6.07, 6.45) is 2.33. The average molecular weight is 347 g/mol. The second kappa shape index (κ2) is 8.52. The van der Waals surface area contributed by atoms with Gasteiger partial charge in [0.1, 0.15) is 5.82 Å². The Morgan fingerprint density at radius 2 is 1.96 bits per heavy atom. The van der Waals surface area contributed by atoms with Crippen LogP contribution in [0.4, 0.5) is 10.1 Å². The first kappa shape index (κ1) is 18.0. The Balaban J connectivity index is 1.32. The summed E-state index contributed by atoms with van der Waals surface area (Å²) < 4.78 is 13.9. The summed E-state index contributed by atoms with van der Waals surface area (Å²) in [5, 5.41) is 6.84. The van der Waals surface area contributed by atoms with Crippen LogP contribution in [-0.4, -0.2) is 63.2 Å². The van der Waals surface area contributed by atoms with Crippen LogP contribution in [0.25, 0.3) is 0 Å². The number of guanidine groups is 1. The van der Waals surface area contributed by atoms with Gasteiger partial charge in [0.25, 0.3) is 0 Å². The van der Waals surface area contributed by atoms with Gasteiger partial charge in [-0.05, 0) is 37.4 Å². The second-order valence-electron chi connectivity index (χ2n) is 7.10. The van der Waals surface area contributed by atoms with Crippen molar-refractivity contribution in [1.29, 1.82) is 0 Å². The molecule has 1 aromatic rings. The van der Waals surface area contributed by atoms with E-state index in [1.54, 1.807) is 6.07 Å². The van der Waals surface area contributed by atoms with Crippen LogP contribution in [0.2, 0.25) is 0 Å². The third-order valence-corrected chi connectivity index (χ3v) is 5.16. The standard InChI is InChI=1S/C19H30FN5/c1-15-14-17(15)23-19(21-2)22-8-5-9-24-10-12-25(13-11-24)18-7-4-3-6-16(18)20/h3-4,6-7,15,17H,5,8-14H2,1-2H3,(H2,21,22,23). The molecule has 1 saturated heterocycles. The van der Waals surface area contributed by atoms with Gasteiger partial charge < -0.3 is 15.5 Å². The summed E-state index contributed by atoms with van der Waals surface area (Å²) in [5.41, 5.74) is 0.730. The fourth-order valence-corrected chi connectivity index (χ4v) is 3.32. The van der Waals surface area contributed by atoms with Gasteiger partial charge in [-0.2, -0.15) is 0 Å². The smallest absolute Gasteiger partial charge is 0.191 e. The quantitative estimate of drug-likeness (QED) is 0.469. The molecule has 6 heteroatoms. The van der Waals surface area contributed by atoms with Crippen LogP contribution in [0.15, 0.2) is 29.3 Å². The van der Waals surface area contributed by atoms with Crippen molar-refractivity contribution in [2.75, 3.05) is 51.2 Å². The minimum Gasteiger partial charge on any atom is -0.367 e. The Morgan fingerprint density at radius 3 is 2.60 bits per heavy atom. The van der Waals surface area contributed by atoms with Crippen LogP contribution < -0.4 is 15.5 Å². The monoisotopic (exact) mass is 347 g/mol. The summed E-state index contributed by atoms with van der Waals surface area (Å²) in [5.74, 6) is 1.56. The molecule has 0 bridgehead atoms. The Bertz CT molecular complexity index is 583. The molecule has 5 nitrogen and oxygen atoms in total. The number of hydrogen-bond acceptors (Lipinski definition) is 3. The zero-order chi connectivity index (χ0) is 17.6. The summed E-state index contributed by atoms with van der Waals surface area (Å²) in [4.78, 5) is 8.88. The lowest BCUT2D eigenvalue weighted by Crippen LogP contribution is -2.47. The van der Waals surface area contributed by atoms with E-state index in [-0.39, 0.29) is 5.82 Å². The van der Waals surface area contributed by atoms with Crippen molar-refractivity contribution in [1.82, 2.24) is 15.5 Å². The zero-order valence-corrected chi connectivity index (χ0v) is 15.3. The van der Waals surface area contributed by atoms with E-state index < -0.39 is 0 Å². The van der Waals surface area contributed by atoms with Crippen LogP contribution in [0.3, 0.4) is 0 Å². The molecule has 1 aliphatic heterocycles. The van der Waals surface area contributed by atoms with Crippen molar-refractivity contribution in [2.24, 2.45) is 10.9 Å². The summed E-state index contributed by atoms with van der Waals surface area (Å²) in [7, 11) is 1.82. The predicted octanol–water partition coefficient (Wildman–Crippen LogP) is 1.91. The topological polar surface area (TPSA) is 42.9 Å². The number of rotatable bonds is 6. The first-order valence-electron chi connectivity index (χ1n) is 9.36. The van der Waals surface area contributed by atoms with Crippen LogP contribution >= 0.6 is 0 Å². The lowest BCUT2D eigenvalue weighted by molar-refractivity contribution is 0.254. The molecule has 0 radical (unpaired) electrons. The van der Waals surface area contributed by atoms with Crippen LogP contribution in [0, 0.1) is 11.7 Å². The normalized spacial score (nSPS) is 24.3. The Labute approximate surface area is 150 Å². The van der Waals surface area contributed by atoms with Gasteiger partial charge in [-0.25, -0.2) is 4.39 Å². The van der Waals surface area contributed by atoms with E-state index in [9.17, 15) is 4.39 Å². The third kappa shape index (κ3) is 5.08. The molecule has 2 N–H and O–H groups in total. The van der Waals surface area contributed by atoms with Crippen LogP contribution in [0.5, 0.6) is 0 Å². The number of hydrogen-bond donors (Lipinski definition) is 2. The summed E-state index contributed by atoms with van der Waals surface area (Å²) in [6, 6.07) is 7.65. The van der Waals surface area contributed by atoms with E-state index in [0.29, 0.717) is 6.04 Å². The van der Waals surface area contributed by atoms with E-state index in [2.05, 4.69) is 32.3 Å². The fraction of sp³-hybridized carbons (Fsp3) is 0.632. The molecule has 1 aliphatic carbocycles. The molecule has 0 amide bonds. The first-order valence-corrected chi connectivity index (χ1v) is 9.36. The van der Waals surface area contributed by atoms with Crippen molar-refractivity contribution in [3.8, 4) is 0 Å². The lowest BCUT2D eigenvalue weighted by Gasteiger charge is -2.36. The SMILES string of the molecule is CN=C(NCCCN1CCN(c2ccccc2F)CC1)NC1CC1C. The van der Waals surface area contributed by atoms with Gasteiger partial charge in [0, 0.05) is 45.8 Å². The molecule has 2 aliphatic rings. The number of aliphatic imine (C=N–C) groups is 1. The molecular formula is C19H30FN5. The largest absolute Gasteiger partial charge is 0.367 e. The number of halogens is 1. The highest BCUT2D eigenvalue weighted by molar-refractivity contribution is 5.80.